The summed E-state index contributed by atoms with van der Waals surface area (Å²) in [6, 6.07) is 0. The van der Waals surface area contributed by atoms with Gasteiger partial charge in [-0.1, -0.05) is 80.1 Å². The molecule has 0 bridgehead atoms. The minimum Gasteiger partial charge on any atom is -0.0683 e. The van der Waals surface area contributed by atoms with Gasteiger partial charge in [0, 0.05) is 0 Å². The zero-order valence-electron chi connectivity index (χ0n) is 11.4. The van der Waals surface area contributed by atoms with E-state index in [1.54, 1.807) is 0 Å². The van der Waals surface area contributed by atoms with E-state index >= 15 is 0 Å². The van der Waals surface area contributed by atoms with Crippen LogP contribution in [0.4, 0.5) is 0 Å². The van der Waals surface area contributed by atoms with Gasteiger partial charge in [0.1, 0.15) is 0 Å². The Labute approximate surface area is 92.5 Å². The molecule has 0 saturated carbocycles. The highest BCUT2D eigenvalue weighted by Gasteiger charge is 2.05. The van der Waals surface area contributed by atoms with Crippen molar-refractivity contribution in [3.05, 3.63) is 0 Å². The highest BCUT2D eigenvalue weighted by atomic mass is 14.1. The van der Waals surface area contributed by atoms with E-state index in [1.165, 1.54) is 38.5 Å². The molecule has 1 atom stereocenters. The largest absolute Gasteiger partial charge is 0.0683 e. The van der Waals surface area contributed by atoms with E-state index in [1.807, 2.05) is 13.8 Å². The molecule has 1 unspecified atom stereocenters. The van der Waals surface area contributed by atoms with E-state index in [0.29, 0.717) is 0 Å². The van der Waals surface area contributed by atoms with Crippen molar-refractivity contribution in [2.45, 2.75) is 80.1 Å². The van der Waals surface area contributed by atoms with E-state index in [2.05, 4.69) is 27.7 Å². The number of unbranched alkanes of at least 4 members (excludes halogenated alkanes) is 4. The second kappa shape index (κ2) is 13.0. The van der Waals surface area contributed by atoms with Gasteiger partial charge in [0.05, 0.1) is 0 Å². The van der Waals surface area contributed by atoms with Gasteiger partial charge in [0.15, 0.2) is 0 Å². The zero-order valence-corrected chi connectivity index (χ0v) is 11.4. The van der Waals surface area contributed by atoms with Gasteiger partial charge in [-0.2, -0.15) is 0 Å². The summed E-state index contributed by atoms with van der Waals surface area (Å²) in [7, 11) is 0. The lowest BCUT2D eigenvalue weighted by Crippen LogP contribution is -2.03. The third kappa shape index (κ3) is 12.0. The van der Waals surface area contributed by atoms with Crippen LogP contribution in [0, 0.1) is 11.8 Å². The summed E-state index contributed by atoms with van der Waals surface area (Å²) in [5, 5.41) is 0. The number of hydrogen-bond donors (Lipinski definition) is 0. The topological polar surface area (TPSA) is 0 Å². The summed E-state index contributed by atoms with van der Waals surface area (Å²) in [5.41, 5.74) is 0. The fraction of sp³-hybridized carbons (Fsp3) is 1.00. The Bertz CT molecular complexity index is 84.0. The summed E-state index contributed by atoms with van der Waals surface area (Å²) >= 11 is 0. The Kier molecular flexibility index (Phi) is 15.3. The van der Waals surface area contributed by atoms with Crippen molar-refractivity contribution in [3.63, 3.8) is 0 Å². The normalized spacial score (nSPS) is 12.2. The molecule has 0 aromatic carbocycles. The SMILES string of the molecule is CC.CCCCCCCC(C)C(C)C. The molecule has 0 rings (SSSR count). The predicted molar refractivity (Wildman–Crippen MR) is 68.7 cm³/mol. The summed E-state index contributed by atoms with van der Waals surface area (Å²) in [5.74, 6) is 1.79. The van der Waals surface area contributed by atoms with Gasteiger partial charge in [-0.05, 0) is 11.8 Å². The van der Waals surface area contributed by atoms with Crippen LogP contribution < -0.4 is 0 Å². The molecule has 0 aromatic heterocycles. The Morgan fingerprint density at radius 1 is 0.786 bits per heavy atom. The Hall–Kier alpha value is 0. The molecular weight excluding hydrogens is 168 g/mol. The summed E-state index contributed by atoms with van der Waals surface area (Å²) in [4.78, 5) is 0. The van der Waals surface area contributed by atoms with Crippen molar-refractivity contribution < 1.29 is 0 Å². The molecule has 0 amide bonds. The van der Waals surface area contributed by atoms with E-state index in [-0.39, 0.29) is 0 Å². The van der Waals surface area contributed by atoms with Crippen molar-refractivity contribution in [2.24, 2.45) is 11.8 Å². The van der Waals surface area contributed by atoms with Gasteiger partial charge in [-0.25, -0.2) is 0 Å². The van der Waals surface area contributed by atoms with Crippen LogP contribution in [0.2, 0.25) is 0 Å². The van der Waals surface area contributed by atoms with Gasteiger partial charge >= 0.3 is 0 Å². The van der Waals surface area contributed by atoms with Crippen molar-refractivity contribution in [2.75, 3.05) is 0 Å². The fourth-order valence-corrected chi connectivity index (χ4v) is 1.40. The molecule has 0 spiro atoms. The smallest absolute Gasteiger partial charge is 0.0420 e. The van der Waals surface area contributed by atoms with Gasteiger partial charge in [-0.15, -0.1) is 0 Å². The van der Waals surface area contributed by atoms with Crippen molar-refractivity contribution in [1.82, 2.24) is 0 Å². The van der Waals surface area contributed by atoms with Crippen LogP contribution in [0.25, 0.3) is 0 Å². The molecule has 0 aliphatic heterocycles. The molecule has 0 saturated heterocycles. The number of rotatable bonds is 7. The lowest BCUT2D eigenvalue weighted by Gasteiger charge is -2.14. The summed E-state index contributed by atoms with van der Waals surface area (Å²) < 4.78 is 0. The second-order valence-electron chi connectivity index (χ2n) is 4.42. The van der Waals surface area contributed by atoms with E-state index in [4.69, 9.17) is 0 Å². The first-order valence-electron chi connectivity index (χ1n) is 6.68. The van der Waals surface area contributed by atoms with Crippen LogP contribution >= 0.6 is 0 Å². The van der Waals surface area contributed by atoms with Gasteiger partial charge in [0.2, 0.25) is 0 Å². The molecule has 0 aliphatic carbocycles. The average molecular weight is 200 g/mol. The van der Waals surface area contributed by atoms with Crippen LogP contribution in [0.1, 0.15) is 80.1 Å². The quantitative estimate of drug-likeness (QED) is 0.465. The van der Waals surface area contributed by atoms with Gasteiger partial charge in [-0.3, -0.25) is 0 Å². The van der Waals surface area contributed by atoms with E-state index in [0.717, 1.165) is 11.8 Å². The van der Waals surface area contributed by atoms with Gasteiger partial charge < -0.3 is 0 Å². The Morgan fingerprint density at radius 2 is 1.29 bits per heavy atom. The first-order valence-corrected chi connectivity index (χ1v) is 6.68. The minimum atomic E-state index is 0.871. The molecule has 88 valence electrons. The highest BCUT2D eigenvalue weighted by molar-refractivity contribution is 4.57. The van der Waals surface area contributed by atoms with Crippen molar-refractivity contribution in [3.8, 4) is 0 Å². The third-order valence-electron chi connectivity index (χ3n) is 2.90. The average Bonchev–Trinajstić information content (AvgIpc) is 2.20. The van der Waals surface area contributed by atoms with Crippen LogP contribution in [-0.4, -0.2) is 0 Å². The van der Waals surface area contributed by atoms with Crippen LogP contribution in [0.3, 0.4) is 0 Å². The maximum Gasteiger partial charge on any atom is -0.0420 e. The predicted octanol–water partition coefficient (Wildman–Crippen LogP) is 5.67. The molecule has 0 fully saturated rings. The summed E-state index contributed by atoms with van der Waals surface area (Å²) in [6.45, 7) is 13.3. The Balaban J connectivity index is 0. The molecule has 0 nitrogen and oxygen atoms in total. The standard InChI is InChI=1S/C12H26.C2H6/c1-5-6-7-8-9-10-12(4)11(2)3;1-2/h11-12H,5-10H2,1-4H3;1-2H3. The zero-order chi connectivity index (χ0) is 11.4. The first kappa shape index (κ1) is 16.4. The van der Waals surface area contributed by atoms with Crippen molar-refractivity contribution in [1.29, 1.82) is 0 Å². The monoisotopic (exact) mass is 200 g/mol. The molecule has 0 aliphatic rings. The number of hydrogen-bond acceptors (Lipinski definition) is 0. The highest BCUT2D eigenvalue weighted by Crippen LogP contribution is 2.18. The van der Waals surface area contributed by atoms with Crippen LogP contribution in [-0.2, 0) is 0 Å². The van der Waals surface area contributed by atoms with E-state index in [9.17, 15) is 0 Å². The molecule has 14 heavy (non-hydrogen) atoms. The van der Waals surface area contributed by atoms with Crippen LogP contribution in [0.15, 0.2) is 0 Å². The van der Waals surface area contributed by atoms with E-state index < -0.39 is 0 Å². The third-order valence-corrected chi connectivity index (χ3v) is 2.90. The molecule has 0 N–H and O–H groups in total. The minimum absolute atomic E-state index is 0.871. The molecular formula is C14H32. The lowest BCUT2D eigenvalue weighted by atomic mass is 9.92. The maximum atomic E-state index is 2.38. The molecule has 0 radical (unpaired) electrons. The second-order valence-corrected chi connectivity index (χ2v) is 4.42. The Morgan fingerprint density at radius 3 is 1.71 bits per heavy atom. The summed E-state index contributed by atoms with van der Waals surface area (Å²) in [6.07, 6.45) is 8.56. The molecule has 0 aromatic rings. The first-order chi connectivity index (χ1) is 6.68. The molecule has 0 heteroatoms. The lowest BCUT2D eigenvalue weighted by molar-refractivity contribution is 0.375. The fourth-order valence-electron chi connectivity index (χ4n) is 1.40. The van der Waals surface area contributed by atoms with Crippen LogP contribution in [0.5, 0.6) is 0 Å². The van der Waals surface area contributed by atoms with Gasteiger partial charge in [0.25, 0.3) is 0 Å². The maximum absolute atomic E-state index is 2.38. The molecule has 0 heterocycles. The van der Waals surface area contributed by atoms with Crippen molar-refractivity contribution >= 4 is 0 Å².